The lowest BCUT2D eigenvalue weighted by atomic mass is 10.0. The first-order chi connectivity index (χ1) is 16.2. The van der Waals surface area contributed by atoms with E-state index in [9.17, 15) is 0 Å². The van der Waals surface area contributed by atoms with E-state index in [2.05, 4.69) is 31.4 Å². The first-order valence-electron chi connectivity index (χ1n) is 11.5. The van der Waals surface area contributed by atoms with Crippen molar-refractivity contribution in [2.24, 2.45) is 11.8 Å². The van der Waals surface area contributed by atoms with Gasteiger partial charge in [-0.05, 0) is 55.6 Å². The highest BCUT2D eigenvalue weighted by atomic mass is 16.5. The van der Waals surface area contributed by atoms with Crippen molar-refractivity contribution < 1.29 is 9.47 Å². The monoisotopic (exact) mass is 443 g/mol. The SMILES string of the molecule is C#Cc1cccc(Nc2ncnc3cc(OC)c(OCCCN4CC5CNCC5C4)cc23)c1. The molecule has 0 spiro atoms. The summed E-state index contributed by atoms with van der Waals surface area (Å²) in [5.74, 6) is 6.36. The minimum atomic E-state index is 0.632. The molecule has 7 nitrogen and oxygen atoms in total. The molecule has 170 valence electrons. The number of nitrogens with zero attached hydrogens (tertiary/aromatic N) is 3. The maximum absolute atomic E-state index is 6.16. The van der Waals surface area contributed by atoms with Crippen molar-refractivity contribution in [2.75, 3.05) is 51.8 Å². The lowest BCUT2D eigenvalue weighted by Gasteiger charge is -2.18. The van der Waals surface area contributed by atoms with Crippen LogP contribution in [-0.4, -0.2) is 61.3 Å². The van der Waals surface area contributed by atoms with Crippen LogP contribution in [0.2, 0.25) is 0 Å². The molecular weight excluding hydrogens is 414 g/mol. The number of likely N-dealkylation sites (tertiary alicyclic amines) is 1. The molecule has 33 heavy (non-hydrogen) atoms. The van der Waals surface area contributed by atoms with E-state index < -0.39 is 0 Å². The number of nitrogens with one attached hydrogen (secondary N) is 2. The fourth-order valence-corrected chi connectivity index (χ4v) is 4.86. The Morgan fingerprint density at radius 2 is 2.00 bits per heavy atom. The molecule has 0 saturated carbocycles. The molecule has 2 atom stereocenters. The summed E-state index contributed by atoms with van der Waals surface area (Å²) in [6.07, 6.45) is 8.05. The summed E-state index contributed by atoms with van der Waals surface area (Å²) in [4.78, 5) is 11.4. The van der Waals surface area contributed by atoms with E-state index in [1.807, 2.05) is 36.4 Å². The minimum Gasteiger partial charge on any atom is -0.493 e. The standard InChI is InChI=1S/C26H29N5O2/c1-3-18-6-4-7-21(10-18)30-26-22-11-25(24(32-2)12-23(22)28-17-29-26)33-9-5-8-31-15-19-13-27-14-20(19)16-31/h1,4,6-7,10-12,17,19-20,27H,5,8-9,13-16H2,2H3,(H,28,29,30). The van der Waals surface area contributed by atoms with Gasteiger partial charge in [-0.3, -0.25) is 0 Å². The molecular formula is C26H29N5O2. The first-order valence-corrected chi connectivity index (χ1v) is 11.5. The topological polar surface area (TPSA) is 71.5 Å². The molecule has 2 aliphatic heterocycles. The number of terminal acetylenes is 1. The molecule has 1 aromatic heterocycles. The van der Waals surface area contributed by atoms with Crippen LogP contribution in [0.25, 0.3) is 10.9 Å². The van der Waals surface area contributed by atoms with E-state index in [0.717, 1.165) is 60.0 Å². The van der Waals surface area contributed by atoms with Gasteiger partial charge in [-0.1, -0.05) is 12.0 Å². The average Bonchev–Trinajstić information content (AvgIpc) is 3.44. The largest absolute Gasteiger partial charge is 0.493 e. The Morgan fingerprint density at radius 3 is 2.79 bits per heavy atom. The highest BCUT2D eigenvalue weighted by Crippen LogP contribution is 2.35. The van der Waals surface area contributed by atoms with E-state index in [1.165, 1.54) is 19.4 Å². The molecule has 5 rings (SSSR count). The molecule has 0 aliphatic carbocycles. The van der Waals surface area contributed by atoms with Crippen molar-refractivity contribution in [1.29, 1.82) is 0 Å². The van der Waals surface area contributed by atoms with Crippen molar-refractivity contribution in [1.82, 2.24) is 20.2 Å². The maximum atomic E-state index is 6.16. The molecule has 7 heteroatoms. The lowest BCUT2D eigenvalue weighted by Crippen LogP contribution is -2.27. The second kappa shape index (κ2) is 9.65. The summed E-state index contributed by atoms with van der Waals surface area (Å²) in [6, 6.07) is 11.5. The number of fused-ring (bicyclic) bond motifs is 2. The molecule has 3 aromatic rings. The van der Waals surface area contributed by atoms with Crippen LogP contribution in [0, 0.1) is 24.2 Å². The van der Waals surface area contributed by atoms with Gasteiger partial charge in [0.1, 0.15) is 12.1 Å². The van der Waals surface area contributed by atoms with Crippen LogP contribution < -0.4 is 20.1 Å². The van der Waals surface area contributed by atoms with Crippen LogP contribution in [0.4, 0.5) is 11.5 Å². The number of anilines is 2. The number of benzene rings is 2. The first kappa shape index (κ1) is 21.5. The number of hydrogen-bond acceptors (Lipinski definition) is 7. The molecule has 2 aromatic carbocycles. The van der Waals surface area contributed by atoms with Crippen LogP contribution in [0.15, 0.2) is 42.7 Å². The second-order valence-corrected chi connectivity index (χ2v) is 8.73. The van der Waals surface area contributed by atoms with Crippen LogP contribution in [0.3, 0.4) is 0 Å². The lowest BCUT2D eigenvalue weighted by molar-refractivity contribution is 0.247. The van der Waals surface area contributed by atoms with Gasteiger partial charge in [0.25, 0.3) is 0 Å². The number of ether oxygens (including phenoxy) is 2. The van der Waals surface area contributed by atoms with E-state index in [-0.39, 0.29) is 0 Å². The summed E-state index contributed by atoms with van der Waals surface area (Å²) in [7, 11) is 1.65. The van der Waals surface area contributed by atoms with Gasteiger partial charge in [0.2, 0.25) is 0 Å². The molecule has 0 amide bonds. The molecule has 2 unspecified atom stereocenters. The van der Waals surface area contributed by atoms with Crippen LogP contribution in [0.1, 0.15) is 12.0 Å². The van der Waals surface area contributed by atoms with Gasteiger partial charge in [-0.25, -0.2) is 9.97 Å². The second-order valence-electron chi connectivity index (χ2n) is 8.73. The third-order valence-electron chi connectivity index (χ3n) is 6.55. The maximum Gasteiger partial charge on any atom is 0.162 e. The third-order valence-corrected chi connectivity index (χ3v) is 6.55. The summed E-state index contributed by atoms with van der Waals surface area (Å²) < 4.78 is 11.7. The number of methoxy groups -OCH3 is 1. The fraction of sp³-hybridized carbons (Fsp3) is 0.385. The minimum absolute atomic E-state index is 0.632. The van der Waals surface area contributed by atoms with Gasteiger partial charge in [-0.15, -0.1) is 6.42 Å². The third kappa shape index (κ3) is 4.72. The van der Waals surface area contributed by atoms with Crippen LogP contribution in [0.5, 0.6) is 11.5 Å². The highest BCUT2D eigenvalue weighted by molar-refractivity contribution is 5.93. The molecule has 0 bridgehead atoms. The molecule has 2 saturated heterocycles. The van der Waals surface area contributed by atoms with Crippen molar-refractivity contribution in [3.8, 4) is 23.8 Å². The van der Waals surface area contributed by atoms with Gasteiger partial charge < -0.3 is 25.0 Å². The molecule has 0 radical (unpaired) electrons. The van der Waals surface area contributed by atoms with Gasteiger partial charge >= 0.3 is 0 Å². The zero-order valence-corrected chi connectivity index (χ0v) is 18.9. The Labute approximate surface area is 194 Å². The Bertz CT molecular complexity index is 1160. The van der Waals surface area contributed by atoms with E-state index in [0.29, 0.717) is 23.9 Å². The summed E-state index contributed by atoms with van der Waals surface area (Å²) >= 11 is 0. The van der Waals surface area contributed by atoms with Crippen molar-refractivity contribution in [2.45, 2.75) is 6.42 Å². The van der Waals surface area contributed by atoms with Gasteiger partial charge in [0.15, 0.2) is 11.5 Å². The molecule has 2 N–H and O–H groups in total. The average molecular weight is 444 g/mol. The quantitative estimate of drug-likeness (QED) is 0.409. The van der Waals surface area contributed by atoms with Gasteiger partial charge in [0, 0.05) is 42.3 Å². The smallest absolute Gasteiger partial charge is 0.162 e. The van der Waals surface area contributed by atoms with Crippen LogP contribution in [-0.2, 0) is 0 Å². The van der Waals surface area contributed by atoms with Crippen molar-refractivity contribution in [3.63, 3.8) is 0 Å². The number of aromatic nitrogens is 2. The van der Waals surface area contributed by atoms with E-state index in [1.54, 1.807) is 7.11 Å². The predicted octanol–water partition coefficient (Wildman–Crippen LogP) is 3.28. The number of rotatable bonds is 8. The molecule has 3 heterocycles. The molecule has 2 aliphatic rings. The summed E-state index contributed by atoms with van der Waals surface area (Å²) in [5.41, 5.74) is 2.46. The number of hydrogen-bond donors (Lipinski definition) is 2. The highest BCUT2D eigenvalue weighted by Gasteiger charge is 2.35. The predicted molar refractivity (Wildman–Crippen MR) is 130 cm³/mol. The molecule has 2 fully saturated rings. The Morgan fingerprint density at radius 1 is 1.15 bits per heavy atom. The van der Waals surface area contributed by atoms with E-state index in [4.69, 9.17) is 15.9 Å². The Kier molecular flexibility index (Phi) is 6.29. The Hall–Kier alpha value is -3.34. The van der Waals surface area contributed by atoms with Gasteiger partial charge in [0.05, 0.1) is 19.2 Å². The van der Waals surface area contributed by atoms with Gasteiger partial charge in [-0.2, -0.15) is 0 Å². The zero-order chi connectivity index (χ0) is 22.6. The normalized spacial score (nSPS) is 19.9. The fourth-order valence-electron chi connectivity index (χ4n) is 4.86. The summed E-state index contributed by atoms with van der Waals surface area (Å²) in [6.45, 7) is 6.42. The van der Waals surface area contributed by atoms with Crippen molar-refractivity contribution in [3.05, 3.63) is 48.3 Å². The zero-order valence-electron chi connectivity index (χ0n) is 18.9. The van der Waals surface area contributed by atoms with Crippen LogP contribution >= 0.6 is 0 Å². The van der Waals surface area contributed by atoms with Crippen molar-refractivity contribution >= 4 is 22.4 Å². The summed E-state index contributed by atoms with van der Waals surface area (Å²) in [5, 5.41) is 7.71. The Balaban J connectivity index is 1.28. The van der Waals surface area contributed by atoms with E-state index >= 15 is 0 Å².